The van der Waals surface area contributed by atoms with Gasteiger partial charge in [-0.25, -0.2) is 4.79 Å². The molecule has 8 heteroatoms. The molecule has 0 spiro atoms. The summed E-state index contributed by atoms with van der Waals surface area (Å²) in [6, 6.07) is 0. The zero-order valence-corrected chi connectivity index (χ0v) is 13.3. The molecule has 22 heavy (non-hydrogen) atoms. The first-order chi connectivity index (χ1) is 10.6. The molecule has 0 saturated carbocycles. The molecule has 0 aliphatic carbocycles. The maximum atomic E-state index is 11.6. The smallest absolute Gasteiger partial charge is 0.409 e. The summed E-state index contributed by atoms with van der Waals surface area (Å²) in [6.45, 7) is 6.09. The quantitative estimate of drug-likeness (QED) is 0.656. The van der Waals surface area contributed by atoms with E-state index in [-0.39, 0.29) is 30.8 Å². The van der Waals surface area contributed by atoms with E-state index < -0.39 is 0 Å². The Morgan fingerprint density at radius 2 is 1.77 bits per heavy atom. The summed E-state index contributed by atoms with van der Waals surface area (Å²) < 4.78 is 9.44. The summed E-state index contributed by atoms with van der Waals surface area (Å²) in [5.74, 6) is -0.502. The fourth-order valence-corrected chi connectivity index (χ4v) is 2.17. The first kappa shape index (κ1) is 18.2. The molecule has 0 radical (unpaired) electrons. The Labute approximate surface area is 130 Å². The molecule has 2 amide bonds. The van der Waals surface area contributed by atoms with E-state index in [9.17, 15) is 14.4 Å². The average Bonchev–Trinajstić information content (AvgIpc) is 2.53. The fourth-order valence-electron chi connectivity index (χ4n) is 2.17. The molecule has 0 unspecified atom stereocenters. The van der Waals surface area contributed by atoms with Gasteiger partial charge in [0.1, 0.15) is 0 Å². The number of nitrogens with zero attached hydrogens (tertiary/aromatic N) is 2. The Morgan fingerprint density at radius 3 is 2.36 bits per heavy atom. The first-order valence-corrected chi connectivity index (χ1v) is 7.54. The van der Waals surface area contributed by atoms with Crippen molar-refractivity contribution in [1.82, 2.24) is 15.1 Å². The second kappa shape index (κ2) is 9.99. The Balaban J connectivity index is 2.09. The van der Waals surface area contributed by atoms with Gasteiger partial charge in [-0.3, -0.25) is 14.5 Å². The SMILES string of the molecule is CCOC(=O)CCC(=O)NCCN1CCN(C(=O)OC)CC1. The number of methoxy groups -OCH3 is 1. The molecule has 1 saturated heterocycles. The van der Waals surface area contributed by atoms with Crippen molar-refractivity contribution in [3.63, 3.8) is 0 Å². The van der Waals surface area contributed by atoms with Crippen molar-refractivity contribution in [2.24, 2.45) is 0 Å². The predicted octanol–water partition coefficient (Wildman–Crippen LogP) is -0.170. The molecule has 126 valence electrons. The van der Waals surface area contributed by atoms with Crippen LogP contribution in [-0.2, 0) is 19.1 Å². The number of hydrogen-bond donors (Lipinski definition) is 1. The van der Waals surface area contributed by atoms with Crippen LogP contribution in [0.25, 0.3) is 0 Å². The third-order valence-electron chi connectivity index (χ3n) is 3.42. The predicted molar refractivity (Wildman–Crippen MR) is 79.3 cm³/mol. The summed E-state index contributed by atoms with van der Waals surface area (Å²) >= 11 is 0. The van der Waals surface area contributed by atoms with Crippen LogP contribution in [0.5, 0.6) is 0 Å². The third kappa shape index (κ3) is 6.75. The van der Waals surface area contributed by atoms with Gasteiger partial charge in [-0.15, -0.1) is 0 Å². The summed E-state index contributed by atoms with van der Waals surface area (Å²) in [5, 5.41) is 2.78. The van der Waals surface area contributed by atoms with Gasteiger partial charge in [0.25, 0.3) is 0 Å². The van der Waals surface area contributed by atoms with Crippen LogP contribution in [0.15, 0.2) is 0 Å². The van der Waals surface area contributed by atoms with Crippen LogP contribution in [0, 0.1) is 0 Å². The topological polar surface area (TPSA) is 88.2 Å². The lowest BCUT2D eigenvalue weighted by molar-refractivity contribution is -0.144. The van der Waals surface area contributed by atoms with Gasteiger partial charge in [0.05, 0.1) is 20.1 Å². The highest BCUT2D eigenvalue weighted by atomic mass is 16.5. The lowest BCUT2D eigenvalue weighted by atomic mass is 10.3. The molecule has 1 heterocycles. The van der Waals surface area contributed by atoms with E-state index in [4.69, 9.17) is 4.74 Å². The molecule has 0 aromatic heterocycles. The molecule has 1 aliphatic rings. The zero-order chi connectivity index (χ0) is 16.4. The fraction of sp³-hybridized carbons (Fsp3) is 0.786. The second-order valence-corrected chi connectivity index (χ2v) is 4.95. The number of piperazine rings is 1. The Hall–Kier alpha value is -1.83. The minimum atomic E-state index is -0.350. The maximum Gasteiger partial charge on any atom is 0.409 e. The molecule has 0 aromatic carbocycles. The van der Waals surface area contributed by atoms with Crippen LogP contribution in [-0.4, -0.2) is 80.8 Å². The maximum absolute atomic E-state index is 11.6. The number of carbonyl (C=O) groups excluding carboxylic acids is 3. The molecule has 1 fully saturated rings. The van der Waals surface area contributed by atoms with Gasteiger partial charge in [-0.05, 0) is 6.92 Å². The highest BCUT2D eigenvalue weighted by Crippen LogP contribution is 2.02. The zero-order valence-electron chi connectivity index (χ0n) is 13.3. The van der Waals surface area contributed by atoms with Crippen molar-refractivity contribution in [1.29, 1.82) is 0 Å². The van der Waals surface area contributed by atoms with Crippen LogP contribution in [0.1, 0.15) is 19.8 Å². The van der Waals surface area contributed by atoms with Gasteiger partial charge in [-0.1, -0.05) is 0 Å². The van der Waals surface area contributed by atoms with Crippen molar-refractivity contribution in [3.05, 3.63) is 0 Å². The highest BCUT2D eigenvalue weighted by molar-refractivity contribution is 5.81. The van der Waals surface area contributed by atoms with E-state index in [1.807, 2.05) is 0 Å². The number of ether oxygens (including phenoxy) is 2. The van der Waals surface area contributed by atoms with E-state index in [1.165, 1.54) is 7.11 Å². The Morgan fingerprint density at radius 1 is 1.09 bits per heavy atom. The minimum Gasteiger partial charge on any atom is -0.466 e. The molecule has 0 bridgehead atoms. The lowest BCUT2D eigenvalue weighted by Crippen LogP contribution is -2.50. The van der Waals surface area contributed by atoms with Gasteiger partial charge in [0.2, 0.25) is 5.91 Å². The lowest BCUT2D eigenvalue weighted by Gasteiger charge is -2.33. The summed E-state index contributed by atoms with van der Waals surface area (Å²) in [6.07, 6.45) is -0.0428. The molecule has 1 N–H and O–H groups in total. The molecular formula is C14H25N3O5. The van der Waals surface area contributed by atoms with E-state index in [1.54, 1.807) is 11.8 Å². The van der Waals surface area contributed by atoms with Gasteiger partial charge in [0, 0.05) is 45.7 Å². The Kier molecular flexibility index (Phi) is 8.27. The number of nitrogens with one attached hydrogen (secondary N) is 1. The van der Waals surface area contributed by atoms with Crippen molar-refractivity contribution >= 4 is 18.0 Å². The normalized spacial score (nSPS) is 15.3. The van der Waals surface area contributed by atoms with E-state index >= 15 is 0 Å². The average molecular weight is 315 g/mol. The number of amides is 2. The van der Waals surface area contributed by atoms with Gasteiger partial charge >= 0.3 is 12.1 Å². The second-order valence-electron chi connectivity index (χ2n) is 4.95. The molecule has 0 atom stereocenters. The molecule has 8 nitrogen and oxygen atoms in total. The largest absolute Gasteiger partial charge is 0.466 e. The van der Waals surface area contributed by atoms with Crippen LogP contribution in [0.4, 0.5) is 4.79 Å². The summed E-state index contributed by atoms with van der Waals surface area (Å²) in [5.41, 5.74) is 0. The molecule has 0 aromatic rings. The van der Waals surface area contributed by atoms with Crippen molar-refractivity contribution in [2.75, 3.05) is 53.0 Å². The van der Waals surface area contributed by atoms with Crippen molar-refractivity contribution in [2.45, 2.75) is 19.8 Å². The van der Waals surface area contributed by atoms with E-state index in [0.29, 0.717) is 26.2 Å². The van der Waals surface area contributed by atoms with E-state index in [2.05, 4.69) is 15.0 Å². The monoisotopic (exact) mass is 315 g/mol. The van der Waals surface area contributed by atoms with Gasteiger partial charge < -0.3 is 19.7 Å². The minimum absolute atomic E-state index is 0.109. The van der Waals surface area contributed by atoms with Gasteiger partial charge in [0.15, 0.2) is 0 Å². The van der Waals surface area contributed by atoms with Crippen LogP contribution in [0.3, 0.4) is 0 Å². The van der Waals surface area contributed by atoms with Crippen LogP contribution in [0.2, 0.25) is 0 Å². The van der Waals surface area contributed by atoms with Crippen molar-refractivity contribution in [3.8, 4) is 0 Å². The first-order valence-electron chi connectivity index (χ1n) is 7.54. The van der Waals surface area contributed by atoms with Crippen molar-refractivity contribution < 1.29 is 23.9 Å². The van der Waals surface area contributed by atoms with Crippen LogP contribution >= 0.6 is 0 Å². The number of carbonyl (C=O) groups is 3. The molecule has 1 rings (SSSR count). The van der Waals surface area contributed by atoms with E-state index in [0.717, 1.165) is 19.6 Å². The highest BCUT2D eigenvalue weighted by Gasteiger charge is 2.21. The third-order valence-corrected chi connectivity index (χ3v) is 3.42. The number of rotatable bonds is 7. The number of esters is 1. The summed E-state index contributed by atoms with van der Waals surface area (Å²) in [7, 11) is 1.38. The molecule has 1 aliphatic heterocycles. The Bertz CT molecular complexity index is 381. The molecular weight excluding hydrogens is 290 g/mol. The standard InChI is InChI=1S/C14H25N3O5/c1-3-22-13(19)5-4-12(18)15-6-7-16-8-10-17(11-9-16)14(20)21-2/h3-11H2,1-2H3,(H,15,18). The van der Waals surface area contributed by atoms with Gasteiger partial charge in [-0.2, -0.15) is 0 Å². The summed E-state index contributed by atoms with van der Waals surface area (Å²) in [4.78, 5) is 37.9. The number of hydrogen-bond acceptors (Lipinski definition) is 6. The van der Waals surface area contributed by atoms with Crippen LogP contribution < -0.4 is 5.32 Å².